The van der Waals surface area contributed by atoms with Gasteiger partial charge in [-0.3, -0.25) is 0 Å². The Bertz CT molecular complexity index is 346. The summed E-state index contributed by atoms with van der Waals surface area (Å²) in [6, 6.07) is 0. The Balaban J connectivity index is 2.38. The molecule has 1 aromatic heterocycles. The van der Waals surface area contributed by atoms with Gasteiger partial charge in [0.2, 0.25) is 0 Å². The van der Waals surface area contributed by atoms with Crippen LogP contribution in [0.25, 0.3) is 0 Å². The van der Waals surface area contributed by atoms with Crippen molar-refractivity contribution in [3.05, 3.63) is 12.2 Å². The average molecular weight is 141 g/mol. The van der Waals surface area contributed by atoms with Crippen LogP contribution in [-0.4, -0.2) is 14.8 Å². The van der Waals surface area contributed by atoms with E-state index in [1.165, 1.54) is 6.33 Å². The van der Waals surface area contributed by atoms with Crippen molar-refractivity contribution >= 4 is 0 Å². The van der Waals surface area contributed by atoms with E-state index in [1.807, 2.05) is 0 Å². The zero-order valence-electron chi connectivity index (χ0n) is 9.54. The second kappa shape index (κ2) is 2.40. The molecule has 0 atom stereocenters. The standard InChI is InChI=1S/C7H11N3/c1-2-4-7-9-8-6-10(7)5-3-1/h6H,1-5H2/i1D2,2D2. The van der Waals surface area contributed by atoms with Crippen molar-refractivity contribution < 1.29 is 5.48 Å². The molecule has 0 fully saturated rings. The second-order valence-corrected chi connectivity index (χ2v) is 2.22. The maximum atomic E-state index is 7.65. The summed E-state index contributed by atoms with van der Waals surface area (Å²) in [6.45, 7) is 0.439. The van der Waals surface area contributed by atoms with Crippen molar-refractivity contribution in [1.29, 1.82) is 0 Å². The smallest absolute Gasteiger partial charge is 0.132 e. The third-order valence-electron chi connectivity index (χ3n) is 1.54. The van der Waals surface area contributed by atoms with E-state index in [-0.39, 0.29) is 12.8 Å². The van der Waals surface area contributed by atoms with E-state index < -0.39 is 12.7 Å². The molecule has 3 heteroatoms. The van der Waals surface area contributed by atoms with Gasteiger partial charge in [0.05, 0.1) is 0 Å². The van der Waals surface area contributed by atoms with Crippen molar-refractivity contribution in [3.8, 4) is 0 Å². The fourth-order valence-corrected chi connectivity index (χ4v) is 1.01. The van der Waals surface area contributed by atoms with Crippen LogP contribution >= 0.6 is 0 Å². The number of aryl methyl sites for hydroxylation is 2. The molecule has 0 saturated heterocycles. The van der Waals surface area contributed by atoms with Crippen molar-refractivity contribution in [2.45, 2.75) is 32.1 Å². The van der Waals surface area contributed by atoms with Gasteiger partial charge >= 0.3 is 0 Å². The van der Waals surface area contributed by atoms with Gasteiger partial charge in [0.1, 0.15) is 12.2 Å². The van der Waals surface area contributed by atoms with Gasteiger partial charge in [-0.2, -0.15) is 0 Å². The highest BCUT2D eigenvalue weighted by Crippen LogP contribution is 2.10. The quantitative estimate of drug-likeness (QED) is 0.539. The molecular formula is C7H11N3. The lowest BCUT2D eigenvalue weighted by molar-refractivity contribution is 0.632. The molecule has 0 saturated carbocycles. The third-order valence-corrected chi connectivity index (χ3v) is 1.54. The summed E-state index contributed by atoms with van der Waals surface area (Å²) in [5.41, 5.74) is 0. The fraction of sp³-hybridized carbons (Fsp3) is 0.714. The largest absolute Gasteiger partial charge is 0.318 e. The molecule has 0 spiro atoms. The first kappa shape index (κ1) is 3.03. The summed E-state index contributed by atoms with van der Waals surface area (Å²) in [5.74, 6) is 0.524. The first-order chi connectivity index (χ1) is 6.42. The number of hydrogen-bond acceptors (Lipinski definition) is 2. The summed E-state index contributed by atoms with van der Waals surface area (Å²) in [5, 5.41) is 7.47. The Hall–Kier alpha value is -0.860. The zero-order chi connectivity index (χ0) is 10.4. The Kier molecular flexibility index (Phi) is 0.728. The monoisotopic (exact) mass is 141 g/mol. The van der Waals surface area contributed by atoms with Gasteiger partial charge in [-0.1, -0.05) is 6.37 Å². The van der Waals surface area contributed by atoms with Crippen LogP contribution in [0.5, 0.6) is 0 Å². The van der Waals surface area contributed by atoms with E-state index in [2.05, 4.69) is 10.2 Å². The Morgan fingerprint density at radius 3 is 3.60 bits per heavy atom. The van der Waals surface area contributed by atoms with Gasteiger partial charge in [0, 0.05) is 18.4 Å². The lowest BCUT2D eigenvalue weighted by Gasteiger charge is -1.97. The summed E-state index contributed by atoms with van der Waals surface area (Å²) >= 11 is 0. The highest BCUT2D eigenvalue weighted by Gasteiger charge is 2.06. The Morgan fingerprint density at radius 1 is 1.60 bits per heavy atom. The molecule has 0 amide bonds. The summed E-state index contributed by atoms with van der Waals surface area (Å²) in [7, 11) is 0. The number of hydrogen-bond donors (Lipinski definition) is 0. The van der Waals surface area contributed by atoms with Crippen LogP contribution in [0.3, 0.4) is 0 Å². The normalized spacial score (nSPS) is 34.0. The highest BCUT2D eigenvalue weighted by atomic mass is 15.3. The lowest BCUT2D eigenvalue weighted by atomic mass is 10.2. The van der Waals surface area contributed by atoms with Gasteiger partial charge in [-0.25, -0.2) is 0 Å². The molecule has 54 valence electrons. The SMILES string of the molecule is [2H]C1([2H])CCn2cnnc2CC1([2H])[2H]. The minimum atomic E-state index is -1.87. The first-order valence-corrected chi connectivity index (χ1v) is 3.29. The van der Waals surface area contributed by atoms with Crippen molar-refractivity contribution in [1.82, 2.24) is 14.8 Å². The van der Waals surface area contributed by atoms with Crippen LogP contribution < -0.4 is 0 Å². The molecule has 10 heavy (non-hydrogen) atoms. The van der Waals surface area contributed by atoms with Crippen molar-refractivity contribution in [2.75, 3.05) is 0 Å². The minimum Gasteiger partial charge on any atom is -0.318 e. The second-order valence-electron chi connectivity index (χ2n) is 2.22. The van der Waals surface area contributed by atoms with E-state index in [4.69, 9.17) is 5.48 Å². The molecule has 0 aromatic carbocycles. The van der Waals surface area contributed by atoms with E-state index in [0.29, 0.717) is 12.4 Å². The molecule has 2 rings (SSSR count). The molecule has 0 N–H and O–H groups in total. The number of nitrogens with zero attached hydrogens (tertiary/aromatic N) is 3. The van der Waals surface area contributed by atoms with Gasteiger partial charge in [0.15, 0.2) is 0 Å². The first-order valence-electron chi connectivity index (χ1n) is 5.29. The summed E-state index contributed by atoms with van der Waals surface area (Å²) in [4.78, 5) is 0. The number of aromatic nitrogens is 3. The number of rotatable bonds is 0. The predicted molar refractivity (Wildman–Crippen MR) is 37.6 cm³/mol. The molecule has 1 aliphatic heterocycles. The molecular weight excluding hydrogens is 126 g/mol. The van der Waals surface area contributed by atoms with E-state index in [1.54, 1.807) is 4.57 Å². The van der Waals surface area contributed by atoms with Crippen LogP contribution in [0.15, 0.2) is 6.33 Å². The molecule has 0 aliphatic carbocycles. The predicted octanol–water partition coefficient (Wildman–Crippen LogP) is 1.00. The molecule has 1 aromatic rings. The summed E-state index contributed by atoms with van der Waals surface area (Å²) in [6.07, 6.45) is -2.00. The Morgan fingerprint density at radius 2 is 2.60 bits per heavy atom. The van der Waals surface area contributed by atoms with Crippen LogP contribution in [0, 0.1) is 0 Å². The molecule has 0 radical (unpaired) electrons. The topological polar surface area (TPSA) is 30.7 Å². The Labute approximate surface area is 65.7 Å². The molecule has 3 nitrogen and oxygen atoms in total. The minimum absolute atomic E-state index is 0.0139. The van der Waals surface area contributed by atoms with Gasteiger partial charge in [-0.15, -0.1) is 10.2 Å². The van der Waals surface area contributed by atoms with Crippen LogP contribution in [0.1, 0.15) is 30.5 Å². The number of fused-ring (bicyclic) bond motifs is 1. The maximum Gasteiger partial charge on any atom is 0.132 e. The summed E-state index contributed by atoms with van der Waals surface area (Å²) < 4.78 is 32.2. The molecule has 2 heterocycles. The third kappa shape index (κ3) is 0.916. The van der Waals surface area contributed by atoms with Crippen molar-refractivity contribution in [3.63, 3.8) is 0 Å². The van der Waals surface area contributed by atoms with Crippen LogP contribution in [0.4, 0.5) is 0 Å². The van der Waals surface area contributed by atoms with Gasteiger partial charge in [0.25, 0.3) is 0 Å². The fourth-order valence-electron chi connectivity index (χ4n) is 1.01. The van der Waals surface area contributed by atoms with Crippen LogP contribution in [-0.2, 0) is 13.0 Å². The lowest BCUT2D eigenvalue weighted by Crippen LogP contribution is -1.98. The van der Waals surface area contributed by atoms with Crippen LogP contribution in [0.2, 0.25) is 0 Å². The van der Waals surface area contributed by atoms with E-state index in [9.17, 15) is 0 Å². The zero-order valence-corrected chi connectivity index (χ0v) is 5.54. The van der Waals surface area contributed by atoms with Gasteiger partial charge in [-0.05, 0) is 12.8 Å². The molecule has 1 aliphatic rings. The molecule has 0 unspecified atom stereocenters. The van der Waals surface area contributed by atoms with E-state index in [0.717, 1.165) is 0 Å². The average Bonchev–Trinajstić information content (AvgIpc) is 2.44. The maximum absolute atomic E-state index is 7.65. The van der Waals surface area contributed by atoms with E-state index >= 15 is 0 Å². The van der Waals surface area contributed by atoms with Gasteiger partial charge < -0.3 is 4.57 Å². The highest BCUT2D eigenvalue weighted by molar-refractivity contribution is 4.87. The van der Waals surface area contributed by atoms with Crippen molar-refractivity contribution in [2.24, 2.45) is 0 Å². The molecule has 0 bridgehead atoms.